The number of aromatic nitrogens is 1. The Kier molecular flexibility index (Phi) is 7.49. The van der Waals surface area contributed by atoms with E-state index in [1.165, 1.54) is 5.39 Å². The summed E-state index contributed by atoms with van der Waals surface area (Å²) in [7, 11) is 0. The molecule has 0 fully saturated rings. The van der Waals surface area contributed by atoms with Gasteiger partial charge in [-0.3, -0.25) is 9.78 Å². The monoisotopic (exact) mass is 386 g/mol. The van der Waals surface area contributed by atoms with E-state index in [4.69, 9.17) is 17.3 Å². The summed E-state index contributed by atoms with van der Waals surface area (Å²) in [6.07, 6.45) is 2.56. The van der Waals surface area contributed by atoms with Crippen molar-refractivity contribution < 1.29 is 4.79 Å². The van der Waals surface area contributed by atoms with E-state index in [1.807, 2.05) is 68.6 Å². The van der Waals surface area contributed by atoms with Crippen molar-refractivity contribution in [2.24, 2.45) is 11.1 Å². The van der Waals surface area contributed by atoms with Crippen LogP contribution in [0.2, 0.25) is 5.02 Å². The molecule has 2 aromatic carbocycles. The van der Waals surface area contributed by atoms with Crippen molar-refractivity contribution in [3.63, 3.8) is 0 Å². The molecule has 0 bridgehead atoms. The standard InChI is InChI=1S/C12H16ClNOS.C9H7N/c1-3-12(2,11(14)15)8-16-10-6-4-9(13)5-7-10;1-2-6-9-8(4-1)5-3-7-10-9/h4-7H,3,8H2,1-2H3,(H2,14,15);1-7H. The van der Waals surface area contributed by atoms with E-state index in [2.05, 4.69) is 17.1 Å². The van der Waals surface area contributed by atoms with Crippen LogP contribution in [0.5, 0.6) is 0 Å². The van der Waals surface area contributed by atoms with Crippen molar-refractivity contribution in [1.29, 1.82) is 0 Å². The van der Waals surface area contributed by atoms with Crippen LogP contribution in [0.25, 0.3) is 10.9 Å². The molecule has 136 valence electrons. The number of primary amides is 1. The van der Waals surface area contributed by atoms with Gasteiger partial charge in [-0.05, 0) is 49.7 Å². The first-order valence-electron chi connectivity index (χ1n) is 8.42. The van der Waals surface area contributed by atoms with Crippen molar-refractivity contribution in [1.82, 2.24) is 4.98 Å². The van der Waals surface area contributed by atoms with Gasteiger partial charge in [0.2, 0.25) is 5.91 Å². The Balaban J connectivity index is 0.000000206. The summed E-state index contributed by atoms with van der Waals surface area (Å²) < 4.78 is 0. The summed E-state index contributed by atoms with van der Waals surface area (Å²) in [6, 6.07) is 19.7. The Morgan fingerprint density at radius 2 is 1.77 bits per heavy atom. The molecule has 1 amide bonds. The number of pyridine rings is 1. The maximum absolute atomic E-state index is 11.3. The third-order valence-corrected chi connectivity index (χ3v) is 5.90. The third kappa shape index (κ3) is 5.75. The van der Waals surface area contributed by atoms with Crippen LogP contribution in [-0.2, 0) is 4.79 Å². The number of thioether (sulfide) groups is 1. The Morgan fingerprint density at radius 1 is 1.12 bits per heavy atom. The minimum atomic E-state index is -0.440. The Morgan fingerprint density at radius 3 is 2.38 bits per heavy atom. The lowest BCUT2D eigenvalue weighted by Gasteiger charge is -2.23. The summed E-state index contributed by atoms with van der Waals surface area (Å²) in [5, 5.41) is 1.92. The number of carbonyl (C=O) groups is 1. The van der Waals surface area contributed by atoms with Crippen LogP contribution in [0.4, 0.5) is 0 Å². The molecule has 0 radical (unpaired) electrons. The Bertz CT molecular complexity index is 789. The van der Waals surface area contributed by atoms with Gasteiger partial charge in [0.05, 0.1) is 10.9 Å². The molecule has 3 aromatic rings. The summed E-state index contributed by atoms with van der Waals surface area (Å²) in [6.45, 7) is 3.88. The molecule has 3 nitrogen and oxygen atoms in total. The number of halogens is 1. The van der Waals surface area contributed by atoms with E-state index in [1.54, 1.807) is 11.8 Å². The number of hydrogen-bond acceptors (Lipinski definition) is 3. The number of rotatable bonds is 5. The zero-order valence-electron chi connectivity index (χ0n) is 15.0. The van der Waals surface area contributed by atoms with Crippen LogP contribution in [0, 0.1) is 5.41 Å². The van der Waals surface area contributed by atoms with Crippen molar-refractivity contribution in [3.05, 3.63) is 71.9 Å². The van der Waals surface area contributed by atoms with E-state index in [-0.39, 0.29) is 5.91 Å². The lowest BCUT2D eigenvalue weighted by atomic mass is 9.89. The highest BCUT2D eigenvalue weighted by molar-refractivity contribution is 7.99. The number of fused-ring (bicyclic) bond motifs is 1. The van der Waals surface area contributed by atoms with Crippen LogP contribution in [-0.4, -0.2) is 16.6 Å². The first kappa shape index (κ1) is 20.3. The molecule has 5 heteroatoms. The minimum Gasteiger partial charge on any atom is -0.369 e. The highest BCUT2D eigenvalue weighted by Gasteiger charge is 2.28. The fourth-order valence-corrected chi connectivity index (χ4v) is 3.42. The number of amides is 1. The average Bonchev–Trinajstić information content (AvgIpc) is 2.68. The molecule has 0 saturated carbocycles. The van der Waals surface area contributed by atoms with Crippen LogP contribution < -0.4 is 5.73 Å². The fourth-order valence-electron chi connectivity index (χ4n) is 2.14. The van der Waals surface area contributed by atoms with E-state index >= 15 is 0 Å². The molecule has 0 saturated heterocycles. The number of hydrogen-bond donors (Lipinski definition) is 1. The first-order chi connectivity index (χ1) is 12.4. The number of para-hydroxylation sites is 1. The molecule has 26 heavy (non-hydrogen) atoms. The molecule has 0 spiro atoms. The number of carbonyl (C=O) groups excluding carboxylic acids is 1. The topological polar surface area (TPSA) is 56.0 Å². The maximum Gasteiger partial charge on any atom is 0.224 e. The summed E-state index contributed by atoms with van der Waals surface area (Å²) in [4.78, 5) is 16.6. The third-order valence-electron chi connectivity index (χ3n) is 4.26. The number of nitrogens with two attached hydrogens (primary N) is 1. The SMILES string of the molecule is CCC(C)(CSc1ccc(Cl)cc1)C(N)=O.c1ccc2ncccc2c1. The summed E-state index contributed by atoms with van der Waals surface area (Å²) >= 11 is 7.43. The Labute approximate surface area is 164 Å². The zero-order valence-corrected chi connectivity index (χ0v) is 16.6. The molecule has 1 unspecified atom stereocenters. The highest BCUT2D eigenvalue weighted by Crippen LogP contribution is 2.30. The second kappa shape index (κ2) is 9.60. The van der Waals surface area contributed by atoms with Gasteiger partial charge in [-0.1, -0.05) is 42.8 Å². The van der Waals surface area contributed by atoms with Crippen molar-refractivity contribution in [2.45, 2.75) is 25.2 Å². The number of benzene rings is 2. The lowest BCUT2D eigenvalue weighted by molar-refractivity contribution is -0.125. The molecule has 1 atom stereocenters. The van der Waals surface area contributed by atoms with Crippen molar-refractivity contribution in [3.8, 4) is 0 Å². The minimum absolute atomic E-state index is 0.239. The normalized spacial score (nSPS) is 12.7. The quantitative estimate of drug-likeness (QED) is 0.583. The molecule has 0 aliphatic heterocycles. The van der Waals surface area contributed by atoms with Gasteiger partial charge >= 0.3 is 0 Å². The van der Waals surface area contributed by atoms with Gasteiger partial charge in [0.25, 0.3) is 0 Å². The van der Waals surface area contributed by atoms with Gasteiger partial charge in [-0.15, -0.1) is 11.8 Å². The molecule has 0 aliphatic rings. The smallest absolute Gasteiger partial charge is 0.224 e. The molecular weight excluding hydrogens is 364 g/mol. The predicted molar refractivity (Wildman–Crippen MR) is 112 cm³/mol. The lowest BCUT2D eigenvalue weighted by Crippen LogP contribution is -2.35. The Hall–Kier alpha value is -2.04. The van der Waals surface area contributed by atoms with Crippen LogP contribution in [0.1, 0.15) is 20.3 Å². The molecule has 0 aliphatic carbocycles. The van der Waals surface area contributed by atoms with Gasteiger partial charge in [-0.25, -0.2) is 0 Å². The molecule has 3 rings (SSSR count). The van der Waals surface area contributed by atoms with Gasteiger partial charge in [-0.2, -0.15) is 0 Å². The number of nitrogens with zero attached hydrogens (tertiary/aromatic N) is 1. The zero-order chi connectivity index (χ0) is 19.0. The van der Waals surface area contributed by atoms with Gasteiger partial charge in [0, 0.05) is 27.3 Å². The van der Waals surface area contributed by atoms with Crippen molar-refractivity contribution in [2.75, 3.05) is 5.75 Å². The largest absolute Gasteiger partial charge is 0.369 e. The van der Waals surface area contributed by atoms with Crippen molar-refractivity contribution >= 4 is 40.2 Å². The van der Waals surface area contributed by atoms with E-state index in [9.17, 15) is 4.79 Å². The second-order valence-electron chi connectivity index (χ2n) is 6.22. The first-order valence-corrected chi connectivity index (χ1v) is 9.79. The second-order valence-corrected chi connectivity index (χ2v) is 7.70. The predicted octanol–water partition coefficient (Wildman–Crippen LogP) is 5.57. The summed E-state index contributed by atoms with van der Waals surface area (Å²) in [5.41, 5.74) is 6.02. The molecule has 1 aromatic heterocycles. The summed E-state index contributed by atoms with van der Waals surface area (Å²) in [5.74, 6) is 0.456. The van der Waals surface area contributed by atoms with E-state index in [0.717, 1.165) is 21.9 Å². The van der Waals surface area contributed by atoms with Crippen LogP contribution >= 0.6 is 23.4 Å². The van der Waals surface area contributed by atoms with Gasteiger partial charge < -0.3 is 5.73 Å². The highest BCUT2D eigenvalue weighted by atomic mass is 35.5. The molecular formula is C21H23ClN2OS. The van der Waals surface area contributed by atoms with Crippen LogP contribution in [0.3, 0.4) is 0 Å². The molecule has 1 heterocycles. The van der Waals surface area contributed by atoms with Crippen LogP contribution in [0.15, 0.2) is 71.8 Å². The fraction of sp³-hybridized carbons (Fsp3) is 0.238. The molecule has 2 N–H and O–H groups in total. The van der Waals surface area contributed by atoms with Gasteiger partial charge in [0.1, 0.15) is 0 Å². The maximum atomic E-state index is 11.3. The van der Waals surface area contributed by atoms with E-state index < -0.39 is 5.41 Å². The average molecular weight is 387 g/mol. The van der Waals surface area contributed by atoms with Gasteiger partial charge in [0.15, 0.2) is 0 Å². The van der Waals surface area contributed by atoms with E-state index in [0.29, 0.717) is 5.75 Å².